The molecule has 0 radical (unpaired) electrons. The molecule has 1 rings (SSSR count). The van der Waals surface area contributed by atoms with Gasteiger partial charge in [-0.15, -0.1) is 0 Å². The van der Waals surface area contributed by atoms with E-state index in [0.29, 0.717) is 5.88 Å². The minimum Gasteiger partial charge on any atom is -0.475 e. The monoisotopic (exact) mass is 182 g/mol. The highest BCUT2D eigenvalue weighted by Crippen LogP contribution is 2.12. The zero-order chi connectivity index (χ0) is 9.68. The number of aromatic nitrogens is 2. The van der Waals surface area contributed by atoms with Gasteiger partial charge in [-0.05, 0) is 0 Å². The average Bonchev–Trinajstić information content (AvgIpc) is 2.15. The quantitative estimate of drug-likeness (QED) is 0.753. The summed E-state index contributed by atoms with van der Waals surface area (Å²) in [6, 6.07) is 1.68. The predicted molar refractivity (Wildman–Crippen MR) is 48.7 cm³/mol. The van der Waals surface area contributed by atoms with Gasteiger partial charge in [0.1, 0.15) is 12.4 Å². The van der Waals surface area contributed by atoms with Gasteiger partial charge in [0.2, 0.25) is 5.88 Å². The van der Waals surface area contributed by atoms with Crippen molar-refractivity contribution < 1.29 is 9.84 Å². The smallest absolute Gasteiger partial charge is 0.216 e. The van der Waals surface area contributed by atoms with Crippen molar-refractivity contribution in [2.24, 2.45) is 0 Å². The number of aliphatic hydroxyl groups excluding tert-OH is 1. The fourth-order valence-electron chi connectivity index (χ4n) is 0.865. The van der Waals surface area contributed by atoms with Crippen molar-refractivity contribution in [3.63, 3.8) is 0 Å². The van der Waals surface area contributed by atoms with Gasteiger partial charge in [0.15, 0.2) is 0 Å². The van der Waals surface area contributed by atoms with Crippen molar-refractivity contribution in [1.29, 1.82) is 0 Å². The lowest BCUT2D eigenvalue weighted by Gasteiger charge is -2.06. The van der Waals surface area contributed by atoms with E-state index in [1.807, 2.05) is 13.8 Å². The lowest BCUT2D eigenvalue weighted by molar-refractivity contribution is 0.196. The lowest BCUT2D eigenvalue weighted by Crippen LogP contribution is -2.05. The van der Waals surface area contributed by atoms with Gasteiger partial charge < -0.3 is 9.84 Å². The topological polar surface area (TPSA) is 55.2 Å². The molecule has 1 heterocycles. The molecule has 0 spiro atoms. The molecule has 0 aromatic carbocycles. The zero-order valence-electron chi connectivity index (χ0n) is 7.90. The first-order chi connectivity index (χ1) is 6.24. The zero-order valence-corrected chi connectivity index (χ0v) is 7.90. The molecule has 0 atom stereocenters. The molecule has 13 heavy (non-hydrogen) atoms. The molecule has 0 saturated carbocycles. The standard InChI is InChI=1S/C9H14N2O2/c1-7(2)9-10-4-3-8(11-9)13-6-5-12/h3-4,7,12H,5-6H2,1-2H3. The van der Waals surface area contributed by atoms with Crippen LogP contribution in [0, 0.1) is 0 Å². The number of rotatable bonds is 4. The van der Waals surface area contributed by atoms with Crippen molar-refractivity contribution in [2.75, 3.05) is 13.2 Å². The summed E-state index contributed by atoms with van der Waals surface area (Å²) < 4.78 is 5.14. The minimum atomic E-state index is 0.00101. The van der Waals surface area contributed by atoms with Gasteiger partial charge in [-0.2, -0.15) is 4.98 Å². The van der Waals surface area contributed by atoms with Crippen LogP contribution in [0.15, 0.2) is 12.3 Å². The van der Waals surface area contributed by atoms with Gasteiger partial charge in [-0.3, -0.25) is 0 Å². The van der Waals surface area contributed by atoms with Crippen LogP contribution >= 0.6 is 0 Å². The third-order valence-corrected chi connectivity index (χ3v) is 1.51. The summed E-state index contributed by atoms with van der Waals surface area (Å²) in [5.41, 5.74) is 0. The Morgan fingerprint density at radius 3 is 2.92 bits per heavy atom. The number of ether oxygens (including phenoxy) is 1. The van der Waals surface area contributed by atoms with E-state index in [0.717, 1.165) is 5.82 Å². The molecule has 0 amide bonds. The van der Waals surface area contributed by atoms with E-state index in [4.69, 9.17) is 9.84 Å². The summed E-state index contributed by atoms with van der Waals surface area (Å²) in [4.78, 5) is 8.26. The molecular formula is C9H14N2O2. The highest BCUT2D eigenvalue weighted by molar-refractivity contribution is 5.09. The third kappa shape index (κ3) is 2.99. The molecule has 72 valence electrons. The van der Waals surface area contributed by atoms with Gasteiger partial charge >= 0.3 is 0 Å². The predicted octanol–water partition coefficient (Wildman–Crippen LogP) is 0.971. The molecule has 1 aromatic rings. The van der Waals surface area contributed by atoms with Crippen LogP contribution in [-0.2, 0) is 0 Å². The van der Waals surface area contributed by atoms with Crippen LogP contribution in [0.1, 0.15) is 25.6 Å². The van der Waals surface area contributed by atoms with E-state index in [1.54, 1.807) is 12.3 Å². The molecular weight excluding hydrogens is 168 g/mol. The Morgan fingerprint density at radius 1 is 1.54 bits per heavy atom. The maximum atomic E-state index is 8.54. The molecule has 0 fully saturated rings. The fraction of sp³-hybridized carbons (Fsp3) is 0.556. The van der Waals surface area contributed by atoms with Crippen molar-refractivity contribution in [3.8, 4) is 5.88 Å². The minimum absolute atomic E-state index is 0.00101. The number of nitrogens with zero attached hydrogens (tertiary/aromatic N) is 2. The molecule has 1 aromatic heterocycles. The Kier molecular flexibility index (Phi) is 3.64. The van der Waals surface area contributed by atoms with E-state index in [-0.39, 0.29) is 19.1 Å². The Labute approximate surface area is 77.6 Å². The van der Waals surface area contributed by atoms with Crippen LogP contribution in [0.3, 0.4) is 0 Å². The summed E-state index contributed by atoms with van der Waals surface area (Å²) in [6.45, 7) is 4.31. The summed E-state index contributed by atoms with van der Waals surface area (Å²) in [5, 5.41) is 8.54. The summed E-state index contributed by atoms with van der Waals surface area (Å²) >= 11 is 0. The van der Waals surface area contributed by atoms with Crippen molar-refractivity contribution >= 4 is 0 Å². The van der Waals surface area contributed by atoms with Crippen LogP contribution in [0.2, 0.25) is 0 Å². The summed E-state index contributed by atoms with van der Waals surface area (Å²) in [6.07, 6.45) is 1.66. The van der Waals surface area contributed by atoms with Gasteiger partial charge in [0, 0.05) is 18.2 Å². The third-order valence-electron chi connectivity index (χ3n) is 1.51. The molecule has 0 aliphatic rings. The SMILES string of the molecule is CC(C)c1nccc(OCCO)n1. The highest BCUT2D eigenvalue weighted by Gasteiger charge is 2.03. The fourth-order valence-corrected chi connectivity index (χ4v) is 0.865. The van der Waals surface area contributed by atoms with Crippen molar-refractivity contribution in [2.45, 2.75) is 19.8 Å². The Balaban J connectivity index is 2.68. The van der Waals surface area contributed by atoms with Gasteiger partial charge in [-0.25, -0.2) is 4.98 Å². The first-order valence-corrected chi connectivity index (χ1v) is 4.30. The molecule has 4 nitrogen and oxygen atoms in total. The van der Waals surface area contributed by atoms with Crippen molar-refractivity contribution in [3.05, 3.63) is 18.1 Å². The molecule has 0 bridgehead atoms. The van der Waals surface area contributed by atoms with Crippen LogP contribution < -0.4 is 4.74 Å². The van der Waals surface area contributed by atoms with Gasteiger partial charge in [0.05, 0.1) is 6.61 Å². The largest absolute Gasteiger partial charge is 0.475 e. The summed E-state index contributed by atoms with van der Waals surface area (Å²) in [5.74, 6) is 1.57. The molecule has 0 aliphatic heterocycles. The van der Waals surface area contributed by atoms with E-state index in [1.165, 1.54) is 0 Å². The number of hydrogen-bond donors (Lipinski definition) is 1. The van der Waals surface area contributed by atoms with Crippen LogP contribution in [0.4, 0.5) is 0 Å². The van der Waals surface area contributed by atoms with Crippen molar-refractivity contribution in [1.82, 2.24) is 9.97 Å². The van der Waals surface area contributed by atoms with Gasteiger partial charge in [-0.1, -0.05) is 13.8 Å². The second-order valence-electron chi connectivity index (χ2n) is 2.98. The van der Waals surface area contributed by atoms with Crippen LogP contribution in [0.5, 0.6) is 5.88 Å². The lowest BCUT2D eigenvalue weighted by atomic mass is 10.2. The average molecular weight is 182 g/mol. The Morgan fingerprint density at radius 2 is 2.31 bits per heavy atom. The second-order valence-corrected chi connectivity index (χ2v) is 2.98. The van der Waals surface area contributed by atoms with E-state index in [2.05, 4.69) is 9.97 Å². The summed E-state index contributed by atoms with van der Waals surface area (Å²) in [7, 11) is 0. The van der Waals surface area contributed by atoms with E-state index >= 15 is 0 Å². The van der Waals surface area contributed by atoms with E-state index < -0.39 is 0 Å². The number of hydrogen-bond acceptors (Lipinski definition) is 4. The van der Waals surface area contributed by atoms with Gasteiger partial charge in [0.25, 0.3) is 0 Å². The Hall–Kier alpha value is -1.16. The maximum absolute atomic E-state index is 8.54. The van der Waals surface area contributed by atoms with E-state index in [9.17, 15) is 0 Å². The molecule has 0 unspecified atom stereocenters. The first-order valence-electron chi connectivity index (χ1n) is 4.30. The Bertz CT molecular complexity index is 264. The van der Waals surface area contributed by atoms with Crippen LogP contribution in [-0.4, -0.2) is 28.3 Å². The molecule has 0 saturated heterocycles. The molecule has 4 heteroatoms. The first kappa shape index (κ1) is 9.92. The maximum Gasteiger partial charge on any atom is 0.216 e. The highest BCUT2D eigenvalue weighted by atomic mass is 16.5. The number of aliphatic hydroxyl groups is 1. The normalized spacial score (nSPS) is 10.5. The van der Waals surface area contributed by atoms with Crippen LogP contribution in [0.25, 0.3) is 0 Å². The molecule has 1 N–H and O–H groups in total. The second kappa shape index (κ2) is 4.77. The molecule has 0 aliphatic carbocycles.